The Morgan fingerprint density at radius 2 is 2.25 bits per heavy atom. The SMILES string of the molecule is CCCC(=O)N1CCN(C=O)C1. The molecule has 12 heavy (non-hydrogen) atoms. The quantitative estimate of drug-likeness (QED) is 0.561. The Kier molecular flexibility index (Phi) is 3.08. The molecule has 0 aliphatic carbocycles. The van der Waals surface area contributed by atoms with Crippen molar-refractivity contribution in [1.29, 1.82) is 0 Å². The van der Waals surface area contributed by atoms with Crippen LogP contribution in [-0.4, -0.2) is 41.9 Å². The smallest absolute Gasteiger partial charge is 0.224 e. The van der Waals surface area contributed by atoms with Crippen molar-refractivity contribution in [1.82, 2.24) is 9.80 Å². The number of rotatable bonds is 3. The molecule has 1 aliphatic heterocycles. The Balaban J connectivity index is 2.35. The van der Waals surface area contributed by atoms with Crippen LogP contribution in [0.25, 0.3) is 0 Å². The predicted octanol–water partition coefficient (Wildman–Crippen LogP) is 0.0446. The van der Waals surface area contributed by atoms with Gasteiger partial charge in [-0.1, -0.05) is 6.92 Å². The van der Waals surface area contributed by atoms with Gasteiger partial charge in [-0.05, 0) is 6.42 Å². The van der Waals surface area contributed by atoms with Gasteiger partial charge in [0, 0.05) is 19.5 Å². The molecule has 68 valence electrons. The van der Waals surface area contributed by atoms with Crippen LogP contribution in [0.2, 0.25) is 0 Å². The summed E-state index contributed by atoms with van der Waals surface area (Å²) in [7, 11) is 0. The van der Waals surface area contributed by atoms with Gasteiger partial charge in [0.1, 0.15) is 0 Å². The van der Waals surface area contributed by atoms with Crippen molar-refractivity contribution < 1.29 is 9.59 Å². The predicted molar refractivity (Wildman–Crippen MR) is 44.3 cm³/mol. The fourth-order valence-corrected chi connectivity index (χ4v) is 1.27. The zero-order valence-corrected chi connectivity index (χ0v) is 7.32. The molecule has 2 amide bonds. The second-order valence-electron chi connectivity index (χ2n) is 2.97. The van der Waals surface area contributed by atoms with Crippen LogP contribution in [0.1, 0.15) is 19.8 Å². The second-order valence-corrected chi connectivity index (χ2v) is 2.97. The summed E-state index contributed by atoms with van der Waals surface area (Å²) in [5.74, 6) is 0.154. The van der Waals surface area contributed by atoms with Crippen molar-refractivity contribution in [3.05, 3.63) is 0 Å². The fourth-order valence-electron chi connectivity index (χ4n) is 1.27. The molecule has 1 rings (SSSR count). The molecule has 1 fully saturated rings. The van der Waals surface area contributed by atoms with E-state index < -0.39 is 0 Å². The Morgan fingerprint density at radius 3 is 2.75 bits per heavy atom. The highest BCUT2D eigenvalue weighted by atomic mass is 16.2. The lowest BCUT2D eigenvalue weighted by molar-refractivity contribution is -0.131. The first-order valence-corrected chi connectivity index (χ1v) is 4.25. The molecule has 0 N–H and O–H groups in total. The number of amides is 2. The van der Waals surface area contributed by atoms with Crippen LogP contribution in [-0.2, 0) is 9.59 Å². The number of hydrogen-bond donors (Lipinski definition) is 0. The van der Waals surface area contributed by atoms with Gasteiger partial charge in [0.15, 0.2) is 0 Å². The van der Waals surface area contributed by atoms with Gasteiger partial charge < -0.3 is 9.80 Å². The van der Waals surface area contributed by atoms with Gasteiger partial charge in [-0.25, -0.2) is 0 Å². The Bertz CT molecular complexity index is 182. The third-order valence-electron chi connectivity index (χ3n) is 1.98. The Morgan fingerprint density at radius 1 is 1.50 bits per heavy atom. The van der Waals surface area contributed by atoms with Crippen molar-refractivity contribution in [2.75, 3.05) is 19.8 Å². The third kappa shape index (κ3) is 1.96. The average Bonchev–Trinajstić information content (AvgIpc) is 2.52. The van der Waals surface area contributed by atoms with E-state index in [1.807, 2.05) is 6.92 Å². The number of hydrogen-bond acceptors (Lipinski definition) is 2. The molecule has 1 heterocycles. The summed E-state index contributed by atoms with van der Waals surface area (Å²) in [4.78, 5) is 24.9. The minimum atomic E-state index is 0.154. The van der Waals surface area contributed by atoms with Gasteiger partial charge in [0.2, 0.25) is 12.3 Å². The lowest BCUT2D eigenvalue weighted by atomic mass is 10.3. The van der Waals surface area contributed by atoms with E-state index in [1.165, 1.54) is 0 Å². The van der Waals surface area contributed by atoms with E-state index in [2.05, 4.69) is 0 Å². The van der Waals surface area contributed by atoms with E-state index in [-0.39, 0.29) is 5.91 Å². The first-order chi connectivity index (χ1) is 5.77. The van der Waals surface area contributed by atoms with Gasteiger partial charge in [-0.2, -0.15) is 0 Å². The second kappa shape index (κ2) is 4.09. The number of carbonyl (C=O) groups excluding carboxylic acids is 2. The summed E-state index contributed by atoms with van der Waals surface area (Å²) >= 11 is 0. The minimum absolute atomic E-state index is 0.154. The highest BCUT2D eigenvalue weighted by molar-refractivity contribution is 5.76. The van der Waals surface area contributed by atoms with E-state index in [0.717, 1.165) is 12.8 Å². The number of nitrogens with zero attached hydrogens (tertiary/aromatic N) is 2. The van der Waals surface area contributed by atoms with E-state index in [4.69, 9.17) is 0 Å². The molecule has 4 heteroatoms. The van der Waals surface area contributed by atoms with E-state index in [9.17, 15) is 9.59 Å². The monoisotopic (exact) mass is 170 g/mol. The van der Waals surface area contributed by atoms with Crippen LogP contribution in [0.3, 0.4) is 0 Å². The summed E-state index contributed by atoms with van der Waals surface area (Å²) in [6, 6.07) is 0. The zero-order chi connectivity index (χ0) is 8.97. The molecule has 0 atom stereocenters. The van der Waals surface area contributed by atoms with Crippen molar-refractivity contribution >= 4 is 12.3 Å². The fraction of sp³-hybridized carbons (Fsp3) is 0.750. The highest BCUT2D eigenvalue weighted by Gasteiger charge is 2.21. The summed E-state index contributed by atoms with van der Waals surface area (Å²) < 4.78 is 0. The molecule has 0 aromatic heterocycles. The largest absolute Gasteiger partial charge is 0.326 e. The first-order valence-electron chi connectivity index (χ1n) is 4.25. The van der Waals surface area contributed by atoms with E-state index in [0.29, 0.717) is 26.2 Å². The van der Waals surface area contributed by atoms with Gasteiger partial charge in [-0.3, -0.25) is 9.59 Å². The van der Waals surface area contributed by atoms with E-state index in [1.54, 1.807) is 9.80 Å². The van der Waals surface area contributed by atoms with Gasteiger partial charge in [0.05, 0.1) is 6.67 Å². The van der Waals surface area contributed by atoms with Crippen molar-refractivity contribution in [3.8, 4) is 0 Å². The van der Waals surface area contributed by atoms with Crippen LogP contribution in [0.5, 0.6) is 0 Å². The highest BCUT2D eigenvalue weighted by Crippen LogP contribution is 2.05. The molecule has 0 spiro atoms. The van der Waals surface area contributed by atoms with Crippen LogP contribution < -0.4 is 0 Å². The van der Waals surface area contributed by atoms with Crippen LogP contribution >= 0.6 is 0 Å². The summed E-state index contributed by atoms with van der Waals surface area (Å²) in [6.07, 6.45) is 2.25. The molecule has 4 nitrogen and oxygen atoms in total. The molecule has 0 bridgehead atoms. The summed E-state index contributed by atoms with van der Waals surface area (Å²) in [5, 5.41) is 0. The molecule has 0 unspecified atom stereocenters. The van der Waals surface area contributed by atoms with Crippen LogP contribution in [0, 0.1) is 0 Å². The molecule has 0 aromatic rings. The molecule has 0 aromatic carbocycles. The molecule has 1 aliphatic rings. The van der Waals surface area contributed by atoms with Gasteiger partial charge in [0.25, 0.3) is 0 Å². The summed E-state index contributed by atoms with van der Waals surface area (Å²) in [5.41, 5.74) is 0. The Hall–Kier alpha value is -1.06. The molecule has 0 radical (unpaired) electrons. The third-order valence-corrected chi connectivity index (χ3v) is 1.98. The van der Waals surface area contributed by atoms with Gasteiger partial charge >= 0.3 is 0 Å². The maximum Gasteiger partial charge on any atom is 0.224 e. The molecular weight excluding hydrogens is 156 g/mol. The average molecular weight is 170 g/mol. The van der Waals surface area contributed by atoms with Crippen molar-refractivity contribution in [2.45, 2.75) is 19.8 Å². The lowest BCUT2D eigenvalue weighted by Gasteiger charge is -2.14. The maximum atomic E-state index is 11.3. The minimum Gasteiger partial charge on any atom is -0.326 e. The molecule has 1 saturated heterocycles. The standard InChI is InChI=1S/C8H14N2O2/c1-2-3-8(12)10-5-4-9(6-10)7-11/h7H,2-6H2,1H3. The first kappa shape index (κ1) is 9.03. The summed E-state index contributed by atoms with van der Waals surface area (Å²) in [6.45, 7) is 3.82. The van der Waals surface area contributed by atoms with E-state index >= 15 is 0 Å². The Labute approximate surface area is 72.1 Å². The molecular formula is C8H14N2O2. The topological polar surface area (TPSA) is 40.6 Å². The maximum absolute atomic E-state index is 11.3. The molecule has 0 saturated carbocycles. The lowest BCUT2D eigenvalue weighted by Crippen LogP contribution is -2.30. The zero-order valence-electron chi connectivity index (χ0n) is 7.32. The van der Waals surface area contributed by atoms with Crippen LogP contribution in [0.15, 0.2) is 0 Å². The van der Waals surface area contributed by atoms with Crippen molar-refractivity contribution in [3.63, 3.8) is 0 Å². The van der Waals surface area contributed by atoms with Crippen molar-refractivity contribution in [2.24, 2.45) is 0 Å². The number of carbonyl (C=O) groups is 2. The normalized spacial score (nSPS) is 16.8. The van der Waals surface area contributed by atoms with Crippen LogP contribution in [0.4, 0.5) is 0 Å². The van der Waals surface area contributed by atoms with Gasteiger partial charge in [-0.15, -0.1) is 0 Å².